The first-order valence-electron chi connectivity index (χ1n) is 6.32. The number of ether oxygens (including phenoxy) is 1. The number of carbonyl (C=O) groups is 3. The van der Waals surface area contributed by atoms with Crippen LogP contribution in [0.3, 0.4) is 0 Å². The molecule has 1 saturated heterocycles. The number of imide groups is 1. The Morgan fingerprint density at radius 1 is 1.45 bits per heavy atom. The number of amides is 3. The first kappa shape index (κ1) is 14.2. The van der Waals surface area contributed by atoms with Crippen LogP contribution in [0.15, 0.2) is 24.3 Å². The van der Waals surface area contributed by atoms with E-state index in [-0.39, 0.29) is 18.2 Å². The van der Waals surface area contributed by atoms with Crippen molar-refractivity contribution in [1.29, 1.82) is 0 Å². The summed E-state index contributed by atoms with van der Waals surface area (Å²) in [5.74, 6) is -1.09. The number of hydrogen-bond acceptors (Lipinski definition) is 4. The summed E-state index contributed by atoms with van der Waals surface area (Å²) in [6, 6.07) is 6.33. The Morgan fingerprint density at radius 2 is 2.25 bits per heavy atom. The van der Waals surface area contributed by atoms with E-state index < -0.39 is 11.9 Å². The summed E-state index contributed by atoms with van der Waals surface area (Å²) in [4.78, 5) is 34.7. The maximum absolute atomic E-state index is 12.1. The molecule has 1 aliphatic heterocycles. The summed E-state index contributed by atoms with van der Waals surface area (Å²) in [6.07, 6.45) is 0.564. The lowest BCUT2D eigenvalue weighted by Gasteiger charge is -2.21. The van der Waals surface area contributed by atoms with Crippen LogP contribution in [-0.2, 0) is 20.9 Å². The van der Waals surface area contributed by atoms with Crippen LogP contribution in [0, 0.1) is 0 Å². The number of benzene rings is 1. The molecule has 1 atom stereocenters. The zero-order chi connectivity index (χ0) is 14.5. The van der Waals surface area contributed by atoms with Crippen LogP contribution in [-0.4, -0.2) is 30.9 Å². The van der Waals surface area contributed by atoms with Crippen molar-refractivity contribution < 1.29 is 19.1 Å². The van der Waals surface area contributed by atoms with E-state index in [1.807, 2.05) is 6.07 Å². The van der Waals surface area contributed by atoms with Gasteiger partial charge in [-0.1, -0.05) is 12.1 Å². The van der Waals surface area contributed by atoms with Gasteiger partial charge in [-0.25, -0.2) is 0 Å². The number of rotatable bonds is 4. The van der Waals surface area contributed by atoms with Gasteiger partial charge in [0.15, 0.2) is 0 Å². The molecular formula is C14H16N2O4. The second-order valence-corrected chi connectivity index (χ2v) is 4.61. The third kappa shape index (κ3) is 3.42. The molecule has 1 fully saturated rings. The molecule has 3 amide bonds. The van der Waals surface area contributed by atoms with E-state index in [0.717, 1.165) is 5.56 Å². The molecule has 1 aliphatic rings. The van der Waals surface area contributed by atoms with Crippen LogP contribution in [0.1, 0.15) is 28.8 Å². The van der Waals surface area contributed by atoms with Crippen LogP contribution in [0.4, 0.5) is 0 Å². The fourth-order valence-electron chi connectivity index (χ4n) is 2.04. The Labute approximate surface area is 116 Å². The van der Waals surface area contributed by atoms with Crippen molar-refractivity contribution in [3.05, 3.63) is 35.4 Å². The van der Waals surface area contributed by atoms with Crippen molar-refractivity contribution >= 4 is 17.7 Å². The topological polar surface area (TPSA) is 84.5 Å². The third-order valence-corrected chi connectivity index (χ3v) is 3.04. The monoisotopic (exact) mass is 276 g/mol. The highest BCUT2D eigenvalue weighted by Crippen LogP contribution is 2.09. The van der Waals surface area contributed by atoms with Crippen molar-refractivity contribution in [2.75, 3.05) is 7.11 Å². The van der Waals surface area contributed by atoms with Gasteiger partial charge in [0.1, 0.15) is 6.04 Å². The average molecular weight is 276 g/mol. The van der Waals surface area contributed by atoms with Crippen molar-refractivity contribution in [3.63, 3.8) is 0 Å². The van der Waals surface area contributed by atoms with Crippen LogP contribution in [0.5, 0.6) is 0 Å². The smallest absolute Gasteiger partial charge is 0.251 e. The second-order valence-electron chi connectivity index (χ2n) is 4.61. The molecule has 2 N–H and O–H groups in total. The van der Waals surface area contributed by atoms with Gasteiger partial charge < -0.3 is 10.1 Å². The standard InChI is InChI=1S/C14H16N2O4/c1-20-8-9-3-2-4-10(7-9)13(18)15-11-5-6-12(17)16-14(11)19/h2-4,7,11H,5-6,8H2,1H3,(H,15,18)(H,16,17,19). The largest absolute Gasteiger partial charge is 0.380 e. The van der Waals surface area contributed by atoms with Gasteiger partial charge in [0.05, 0.1) is 6.61 Å². The molecule has 2 rings (SSSR count). The van der Waals surface area contributed by atoms with E-state index in [1.165, 1.54) is 0 Å². The van der Waals surface area contributed by atoms with Crippen molar-refractivity contribution in [3.8, 4) is 0 Å². The quantitative estimate of drug-likeness (QED) is 0.778. The molecule has 1 aromatic carbocycles. The zero-order valence-electron chi connectivity index (χ0n) is 11.1. The van der Waals surface area contributed by atoms with Gasteiger partial charge in [-0.3, -0.25) is 19.7 Å². The van der Waals surface area contributed by atoms with Gasteiger partial charge in [0, 0.05) is 19.1 Å². The third-order valence-electron chi connectivity index (χ3n) is 3.04. The number of nitrogens with one attached hydrogen (secondary N) is 2. The van der Waals surface area contributed by atoms with Crippen LogP contribution in [0.2, 0.25) is 0 Å². The molecule has 0 spiro atoms. The fraction of sp³-hybridized carbons (Fsp3) is 0.357. The molecule has 0 aliphatic carbocycles. The first-order chi connectivity index (χ1) is 9.60. The SMILES string of the molecule is COCc1cccc(C(=O)NC2CCC(=O)NC2=O)c1. The Morgan fingerprint density at radius 3 is 2.95 bits per heavy atom. The Hall–Kier alpha value is -2.21. The highest BCUT2D eigenvalue weighted by molar-refractivity contribution is 6.03. The van der Waals surface area contributed by atoms with E-state index in [0.29, 0.717) is 18.6 Å². The van der Waals surface area contributed by atoms with E-state index >= 15 is 0 Å². The van der Waals surface area contributed by atoms with Crippen molar-refractivity contribution in [1.82, 2.24) is 10.6 Å². The highest BCUT2D eigenvalue weighted by atomic mass is 16.5. The van der Waals surface area contributed by atoms with Gasteiger partial charge in [-0.2, -0.15) is 0 Å². The maximum Gasteiger partial charge on any atom is 0.251 e. The van der Waals surface area contributed by atoms with Gasteiger partial charge in [-0.15, -0.1) is 0 Å². The zero-order valence-corrected chi connectivity index (χ0v) is 11.1. The van der Waals surface area contributed by atoms with Gasteiger partial charge in [0.2, 0.25) is 11.8 Å². The number of hydrogen-bond donors (Lipinski definition) is 2. The molecule has 20 heavy (non-hydrogen) atoms. The highest BCUT2D eigenvalue weighted by Gasteiger charge is 2.27. The minimum Gasteiger partial charge on any atom is -0.380 e. The molecule has 1 heterocycles. The molecule has 0 aromatic heterocycles. The van der Waals surface area contributed by atoms with Crippen molar-refractivity contribution in [2.24, 2.45) is 0 Å². The lowest BCUT2D eigenvalue weighted by Crippen LogP contribution is -2.52. The van der Waals surface area contributed by atoms with Crippen LogP contribution < -0.4 is 10.6 Å². The summed E-state index contributed by atoms with van der Waals surface area (Å²) in [5, 5.41) is 4.84. The predicted molar refractivity (Wildman–Crippen MR) is 70.8 cm³/mol. The minimum atomic E-state index is -0.661. The summed E-state index contributed by atoms with van der Waals surface area (Å²) in [6.45, 7) is 0.416. The number of methoxy groups -OCH3 is 1. The minimum absolute atomic E-state index is 0.237. The van der Waals surface area contributed by atoms with E-state index in [1.54, 1.807) is 25.3 Å². The predicted octanol–water partition coefficient (Wildman–Crippen LogP) is 0.368. The molecular weight excluding hydrogens is 260 g/mol. The van der Waals surface area contributed by atoms with Crippen LogP contribution in [0.25, 0.3) is 0 Å². The van der Waals surface area contributed by atoms with E-state index in [2.05, 4.69) is 10.6 Å². The summed E-state index contributed by atoms with van der Waals surface area (Å²) in [7, 11) is 1.58. The molecule has 6 heteroatoms. The Bertz CT molecular complexity index is 542. The lowest BCUT2D eigenvalue weighted by atomic mass is 10.0. The van der Waals surface area contributed by atoms with Gasteiger partial charge in [-0.05, 0) is 24.1 Å². The average Bonchev–Trinajstić information content (AvgIpc) is 2.42. The molecule has 6 nitrogen and oxygen atoms in total. The maximum atomic E-state index is 12.1. The molecule has 0 saturated carbocycles. The molecule has 1 aromatic rings. The van der Waals surface area contributed by atoms with Crippen LogP contribution >= 0.6 is 0 Å². The Balaban J connectivity index is 2.02. The number of piperidine rings is 1. The fourth-order valence-corrected chi connectivity index (χ4v) is 2.04. The molecule has 1 unspecified atom stereocenters. The van der Waals surface area contributed by atoms with Crippen molar-refractivity contribution in [2.45, 2.75) is 25.5 Å². The van der Waals surface area contributed by atoms with E-state index in [4.69, 9.17) is 4.74 Å². The van der Waals surface area contributed by atoms with Gasteiger partial charge >= 0.3 is 0 Å². The molecule has 0 radical (unpaired) electrons. The Kier molecular flexibility index (Phi) is 4.47. The number of carbonyl (C=O) groups excluding carboxylic acids is 3. The summed E-state index contributed by atoms with van der Waals surface area (Å²) < 4.78 is 5.01. The summed E-state index contributed by atoms with van der Waals surface area (Å²) >= 11 is 0. The lowest BCUT2D eigenvalue weighted by molar-refractivity contribution is -0.134. The van der Waals surface area contributed by atoms with Gasteiger partial charge in [0.25, 0.3) is 5.91 Å². The second kappa shape index (κ2) is 6.29. The first-order valence-corrected chi connectivity index (χ1v) is 6.32. The summed E-state index contributed by atoms with van der Waals surface area (Å²) in [5.41, 5.74) is 1.34. The molecule has 0 bridgehead atoms. The molecule has 106 valence electrons. The normalized spacial score (nSPS) is 18.6. The van der Waals surface area contributed by atoms with E-state index in [9.17, 15) is 14.4 Å².